The Morgan fingerprint density at radius 2 is 1.85 bits per heavy atom. The van der Waals surface area contributed by atoms with Crippen molar-refractivity contribution in [2.24, 2.45) is 0 Å². The number of rotatable bonds is 6. The summed E-state index contributed by atoms with van der Waals surface area (Å²) in [5.74, 6) is -1.66. The number of ether oxygens (including phenoxy) is 1. The Hall–Kier alpha value is -3.28. The van der Waals surface area contributed by atoms with E-state index in [2.05, 4.69) is 10.3 Å². The molecule has 138 valence electrons. The van der Waals surface area contributed by atoms with Crippen molar-refractivity contribution in [3.8, 4) is 17.1 Å². The summed E-state index contributed by atoms with van der Waals surface area (Å²) >= 11 is 0. The van der Waals surface area contributed by atoms with Crippen LogP contribution in [0.1, 0.15) is 15.9 Å². The third-order valence-electron chi connectivity index (χ3n) is 4.05. The highest BCUT2D eigenvalue weighted by atomic mass is 19.1. The van der Waals surface area contributed by atoms with E-state index in [1.165, 1.54) is 25.3 Å². The van der Waals surface area contributed by atoms with Crippen LogP contribution < -0.4 is 10.1 Å². The molecule has 0 atom stereocenters. The van der Waals surface area contributed by atoms with Crippen LogP contribution in [-0.2, 0) is 6.42 Å². The summed E-state index contributed by atoms with van der Waals surface area (Å²) in [6.07, 6.45) is 0.696. The molecule has 27 heavy (non-hydrogen) atoms. The molecule has 0 aliphatic heterocycles. The molecule has 0 spiro atoms. The average Bonchev–Trinajstić information content (AvgIpc) is 2.68. The molecular formula is C21H18F2N2O2. The topological polar surface area (TPSA) is 51.2 Å². The number of hydrogen-bond acceptors (Lipinski definition) is 3. The van der Waals surface area contributed by atoms with Gasteiger partial charge in [-0.25, -0.2) is 13.8 Å². The van der Waals surface area contributed by atoms with Crippen LogP contribution in [0, 0.1) is 11.6 Å². The van der Waals surface area contributed by atoms with E-state index in [1.54, 1.807) is 0 Å². The highest BCUT2D eigenvalue weighted by molar-refractivity contribution is 5.96. The molecule has 3 rings (SSSR count). The minimum absolute atomic E-state index is 0.0773. The summed E-state index contributed by atoms with van der Waals surface area (Å²) in [6.45, 7) is 0.459. The van der Waals surface area contributed by atoms with Gasteiger partial charge in [0, 0.05) is 18.2 Å². The van der Waals surface area contributed by atoms with Gasteiger partial charge < -0.3 is 10.1 Å². The lowest BCUT2D eigenvalue weighted by molar-refractivity contribution is 0.0950. The monoisotopic (exact) mass is 368 g/mol. The van der Waals surface area contributed by atoms with Crippen molar-refractivity contribution >= 4 is 5.91 Å². The molecule has 2 aromatic carbocycles. The number of carbonyl (C=O) groups excluding carboxylic acids is 1. The second-order valence-corrected chi connectivity index (χ2v) is 5.87. The number of benzene rings is 2. The van der Waals surface area contributed by atoms with Gasteiger partial charge in [0.15, 0.2) is 0 Å². The van der Waals surface area contributed by atoms with Crippen LogP contribution in [0.5, 0.6) is 5.88 Å². The highest BCUT2D eigenvalue weighted by Gasteiger charge is 2.16. The zero-order valence-corrected chi connectivity index (χ0v) is 14.7. The molecule has 6 heteroatoms. The quantitative estimate of drug-likeness (QED) is 0.715. The predicted molar refractivity (Wildman–Crippen MR) is 98.6 cm³/mol. The molecule has 0 fully saturated rings. The number of pyridine rings is 1. The summed E-state index contributed by atoms with van der Waals surface area (Å²) in [5, 5.41) is 2.82. The van der Waals surface area contributed by atoms with Crippen molar-refractivity contribution in [3.05, 3.63) is 83.4 Å². The third kappa shape index (κ3) is 4.47. The third-order valence-corrected chi connectivity index (χ3v) is 4.05. The normalized spacial score (nSPS) is 10.5. The molecule has 0 bridgehead atoms. The fourth-order valence-electron chi connectivity index (χ4n) is 2.68. The standard InChI is InChI=1S/C21H18F2N2O2/c1-27-21-17(20(26)24-12-11-14-5-3-2-4-6-14)9-10-19(25-21)16-8-7-15(22)13-18(16)23/h2-10,13H,11-12H2,1H3,(H,24,26). The van der Waals surface area contributed by atoms with E-state index in [0.717, 1.165) is 17.7 Å². The van der Waals surface area contributed by atoms with Crippen LogP contribution in [0.3, 0.4) is 0 Å². The molecule has 0 aliphatic rings. The van der Waals surface area contributed by atoms with Gasteiger partial charge in [-0.05, 0) is 36.2 Å². The molecule has 4 nitrogen and oxygen atoms in total. The minimum atomic E-state index is -0.732. The Labute approximate surface area is 155 Å². The first-order valence-corrected chi connectivity index (χ1v) is 8.41. The van der Waals surface area contributed by atoms with Crippen molar-refractivity contribution < 1.29 is 18.3 Å². The number of nitrogens with zero attached hydrogens (tertiary/aromatic N) is 1. The van der Waals surface area contributed by atoms with Crippen molar-refractivity contribution in [3.63, 3.8) is 0 Å². The first-order chi connectivity index (χ1) is 13.1. The molecule has 0 radical (unpaired) electrons. The zero-order valence-electron chi connectivity index (χ0n) is 14.7. The van der Waals surface area contributed by atoms with Gasteiger partial charge in [-0.3, -0.25) is 4.79 Å². The van der Waals surface area contributed by atoms with Crippen molar-refractivity contribution in [1.82, 2.24) is 10.3 Å². The Balaban J connectivity index is 1.74. The largest absolute Gasteiger partial charge is 0.480 e. The van der Waals surface area contributed by atoms with Gasteiger partial charge in [0.05, 0.1) is 12.8 Å². The van der Waals surface area contributed by atoms with E-state index in [0.29, 0.717) is 13.0 Å². The molecule has 0 unspecified atom stereocenters. The summed E-state index contributed by atoms with van der Waals surface area (Å²) in [4.78, 5) is 16.6. The SMILES string of the molecule is COc1nc(-c2ccc(F)cc2F)ccc1C(=O)NCCc1ccccc1. The zero-order chi connectivity index (χ0) is 19.2. The highest BCUT2D eigenvalue weighted by Crippen LogP contribution is 2.26. The first kappa shape index (κ1) is 18.5. The van der Waals surface area contributed by atoms with Crippen molar-refractivity contribution in [2.75, 3.05) is 13.7 Å². The fraction of sp³-hybridized carbons (Fsp3) is 0.143. The van der Waals surface area contributed by atoms with Crippen LogP contribution in [0.4, 0.5) is 8.78 Å². The molecule has 0 saturated heterocycles. The second kappa shape index (κ2) is 8.40. The van der Waals surface area contributed by atoms with Gasteiger partial charge in [-0.1, -0.05) is 30.3 Å². The maximum atomic E-state index is 14.0. The van der Waals surface area contributed by atoms with E-state index in [-0.39, 0.29) is 28.6 Å². The van der Waals surface area contributed by atoms with Crippen molar-refractivity contribution in [1.29, 1.82) is 0 Å². The van der Waals surface area contributed by atoms with Gasteiger partial charge in [-0.15, -0.1) is 0 Å². The molecule has 1 amide bonds. The Morgan fingerprint density at radius 3 is 2.56 bits per heavy atom. The average molecular weight is 368 g/mol. The molecule has 1 heterocycles. The Morgan fingerprint density at radius 1 is 1.07 bits per heavy atom. The van der Waals surface area contributed by atoms with E-state index in [9.17, 15) is 13.6 Å². The van der Waals surface area contributed by atoms with E-state index < -0.39 is 11.6 Å². The number of methoxy groups -OCH3 is 1. The molecule has 0 saturated carbocycles. The van der Waals surface area contributed by atoms with Gasteiger partial charge in [0.2, 0.25) is 5.88 Å². The summed E-state index contributed by atoms with van der Waals surface area (Å²) in [6, 6.07) is 16.0. The van der Waals surface area contributed by atoms with Crippen LogP contribution in [-0.4, -0.2) is 24.5 Å². The molecule has 0 aliphatic carbocycles. The second-order valence-electron chi connectivity index (χ2n) is 5.87. The van der Waals surface area contributed by atoms with Crippen LogP contribution in [0.2, 0.25) is 0 Å². The summed E-state index contributed by atoms with van der Waals surface area (Å²) < 4.78 is 32.2. The van der Waals surface area contributed by atoms with E-state index >= 15 is 0 Å². The number of carbonyl (C=O) groups is 1. The Bertz CT molecular complexity index is 946. The molecular weight excluding hydrogens is 350 g/mol. The lowest BCUT2D eigenvalue weighted by Crippen LogP contribution is -2.26. The minimum Gasteiger partial charge on any atom is -0.480 e. The first-order valence-electron chi connectivity index (χ1n) is 8.41. The number of hydrogen-bond donors (Lipinski definition) is 1. The van der Waals surface area contributed by atoms with Gasteiger partial charge >= 0.3 is 0 Å². The fourth-order valence-corrected chi connectivity index (χ4v) is 2.68. The molecule has 1 N–H and O–H groups in total. The van der Waals surface area contributed by atoms with Crippen LogP contribution in [0.15, 0.2) is 60.7 Å². The lowest BCUT2D eigenvalue weighted by Gasteiger charge is -2.11. The van der Waals surface area contributed by atoms with E-state index in [4.69, 9.17) is 4.74 Å². The number of amides is 1. The number of nitrogens with one attached hydrogen (secondary N) is 1. The predicted octanol–water partition coefficient (Wildman–Crippen LogP) is 4.01. The van der Waals surface area contributed by atoms with Gasteiger partial charge in [0.25, 0.3) is 5.91 Å². The van der Waals surface area contributed by atoms with Gasteiger partial charge in [-0.2, -0.15) is 0 Å². The van der Waals surface area contributed by atoms with Crippen molar-refractivity contribution in [2.45, 2.75) is 6.42 Å². The molecule has 1 aromatic heterocycles. The maximum absolute atomic E-state index is 14.0. The smallest absolute Gasteiger partial charge is 0.256 e. The van der Waals surface area contributed by atoms with Crippen LogP contribution in [0.25, 0.3) is 11.3 Å². The Kier molecular flexibility index (Phi) is 5.76. The summed E-state index contributed by atoms with van der Waals surface area (Å²) in [5.41, 5.74) is 1.75. The number of halogens is 2. The summed E-state index contributed by atoms with van der Waals surface area (Å²) in [7, 11) is 1.38. The van der Waals surface area contributed by atoms with Gasteiger partial charge in [0.1, 0.15) is 17.2 Å². The lowest BCUT2D eigenvalue weighted by atomic mass is 10.1. The maximum Gasteiger partial charge on any atom is 0.256 e. The number of aromatic nitrogens is 1. The van der Waals surface area contributed by atoms with E-state index in [1.807, 2.05) is 30.3 Å². The van der Waals surface area contributed by atoms with Crippen LogP contribution >= 0.6 is 0 Å². The molecule has 3 aromatic rings.